The molecule has 23 heavy (non-hydrogen) atoms. The zero-order valence-electron chi connectivity index (χ0n) is 13.2. The Hall–Kier alpha value is -2.29. The van der Waals surface area contributed by atoms with Crippen LogP contribution in [-0.4, -0.2) is 55.5 Å². The van der Waals surface area contributed by atoms with Crippen molar-refractivity contribution in [1.29, 1.82) is 0 Å². The summed E-state index contributed by atoms with van der Waals surface area (Å²) in [6.45, 7) is 2.73. The van der Waals surface area contributed by atoms with Crippen LogP contribution in [-0.2, 0) is 17.9 Å². The van der Waals surface area contributed by atoms with Crippen LogP contribution in [0.25, 0.3) is 0 Å². The fourth-order valence-electron chi connectivity index (χ4n) is 2.55. The monoisotopic (exact) mass is 321 g/mol. The van der Waals surface area contributed by atoms with Crippen molar-refractivity contribution in [2.24, 2.45) is 0 Å². The van der Waals surface area contributed by atoms with Crippen LogP contribution in [0.15, 0.2) is 12.3 Å². The summed E-state index contributed by atoms with van der Waals surface area (Å²) < 4.78 is 14.9. The van der Waals surface area contributed by atoms with Gasteiger partial charge in [-0.05, 0) is 13.0 Å². The highest BCUT2D eigenvalue weighted by Gasteiger charge is 2.28. The molecule has 8 nitrogen and oxygen atoms in total. The minimum absolute atomic E-state index is 0.0717. The van der Waals surface area contributed by atoms with E-state index in [2.05, 4.69) is 25.6 Å². The van der Waals surface area contributed by atoms with Crippen molar-refractivity contribution in [3.8, 4) is 0 Å². The minimum atomic E-state index is -0.858. The Labute approximate surface area is 133 Å². The molecule has 0 radical (unpaired) electrons. The molecular weight excluding hydrogens is 301 g/mol. The van der Waals surface area contributed by atoms with Gasteiger partial charge in [0, 0.05) is 31.9 Å². The number of carbonyl (C=O) groups excluding carboxylic acids is 1. The maximum absolute atomic E-state index is 13.2. The van der Waals surface area contributed by atoms with E-state index in [1.165, 1.54) is 0 Å². The Morgan fingerprint density at radius 2 is 2.39 bits per heavy atom. The number of rotatable bonds is 5. The van der Waals surface area contributed by atoms with Gasteiger partial charge in [-0.1, -0.05) is 0 Å². The molecule has 124 valence electrons. The fraction of sp³-hybridized carbons (Fsp3) is 0.571. The number of amides is 1. The van der Waals surface area contributed by atoms with Gasteiger partial charge in [0.15, 0.2) is 5.82 Å². The number of hydrogen-bond acceptors (Lipinski definition) is 5. The molecule has 1 amide bonds. The van der Waals surface area contributed by atoms with Crippen molar-refractivity contribution in [2.75, 3.05) is 13.6 Å². The molecule has 0 spiro atoms. The summed E-state index contributed by atoms with van der Waals surface area (Å²) in [5.74, 6) is 1.05. The Morgan fingerprint density at radius 1 is 1.57 bits per heavy atom. The van der Waals surface area contributed by atoms with E-state index in [-0.39, 0.29) is 18.5 Å². The van der Waals surface area contributed by atoms with Gasteiger partial charge in [-0.25, -0.2) is 9.37 Å². The number of halogens is 1. The number of hydrogen-bond donors (Lipinski definition) is 2. The van der Waals surface area contributed by atoms with E-state index in [1.807, 2.05) is 13.0 Å². The summed E-state index contributed by atoms with van der Waals surface area (Å²) in [7, 11) is 1.70. The average molecular weight is 321 g/mol. The quantitative estimate of drug-likeness (QED) is 0.828. The van der Waals surface area contributed by atoms with Crippen LogP contribution in [0.5, 0.6) is 0 Å². The number of H-pyrrole nitrogens is 1. The summed E-state index contributed by atoms with van der Waals surface area (Å²) in [5.41, 5.74) is 0.932. The second-order valence-corrected chi connectivity index (χ2v) is 5.81. The molecule has 1 aliphatic heterocycles. The van der Waals surface area contributed by atoms with Gasteiger partial charge in [0.2, 0.25) is 5.91 Å². The lowest BCUT2D eigenvalue weighted by Crippen LogP contribution is -2.30. The van der Waals surface area contributed by atoms with Crippen LogP contribution >= 0.6 is 0 Å². The molecule has 1 saturated heterocycles. The van der Waals surface area contributed by atoms with E-state index in [0.29, 0.717) is 31.2 Å². The van der Waals surface area contributed by atoms with Crippen LogP contribution in [0.2, 0.25) is 0 Å². The van der Waals surface area contributed by atoms with Crippen molar-refractivity contribution in [3.63, 3.8) is 0 Å². The number of likely N-dealkylation sites (N-methyl/N-ethyl adjacent to an activating group) is 1. The van der Waals surface area contributed by atoms with Crippen LogP contribution in [0, 0.1) is 6.92 Å². The molecule has 1 fully saturated rings. The van der Waals surface area contributed by atoms with Crippen molar-refractivity contribution < 1.29 is 9.18 Å². The number of nitrogens with one attached hydrogen (secondary N) is 2. The summed E-state index contributed by atoms with van der Waals surface area (Å²) in [4.78, 5) is 18.1. The highest BCUT2D eigenvalue weighted by Crippen LogP contribution is 2.22. The lowest BCUT2D eigenvalue weighted by Gasteiger charge is -2.16. The third-order valence-electron chi connectivity index (χ3n) is 3.96. The lowest BCUT2D eigenvalue weighted by molar-refractivity contribution is -0.131. The predicted molar refractivity (Wildman–Crippen MR) is 80.1 cm³/mol. The molecule has 2 N–H and O–H groups in total. The number of carbonyl (C=O) groups is 1. The SMILES string of the molecule is Cc1ccnn1CC(=O)N(C)Cc1nc([C@H]2C[C@H](F)CN2)n[nH]1. The maximum Gasteiger partial charge on any atom is 0.244 e. The van der Waals surface area contributed by atoms with Crippen LogP contribution in [0.3, 0.4) is 0 Å². The van der Waals surface area contributed by atoms with Crippen LogP contribution in [0.1, 0.15) is 29.8 Å². The molecular formula is C14H20FN7O. The largest absolute Gasteiger partial charge is 0.337 e. The van der Waals surface area contributed by atoms with E-state index in [9.17, 15) is 9.18 Å². The number of aryl methyl sites for hydroxylation is 1. The van der Waals surface area contributed by atoms with Gasteiger partial charge in [-0.15, -0.1) is 0 Å². The van der Waals surface area contributed by atoms with Crippen LogP contribution in [0.4, 0.5) is 4.39 Å². The Morgan fingerprint density at radius 3 is 3.04 bits per heavy atom. The van der Waals surface area contributed by atoms with E-state index in [0.717, 1.165) is 5.69 Å². The highest BCUT2D eigenvalue weighted by atomic mass is 19.1. The number of nitrogens with zero attached hydrogens (tertiary/aromatic N) is 5. The fourth-order valence-corrected chi connectivity index (χ4v) is 2.55. The van der Waals surface area contributed by atoms with Gasteiger partial charge < -0.3 is 10.2 Å². The minimum Gasteiger partial charge on any atom is -0.337 e. The summed E-state index contributed by atoms with van der Waals surface area (Å²) in [6, 6.07) is 1.69. The van der Waals surface area contributed by atoms with Crippen LogP contribution < -0.4 is 5.32 Å². The Bertz CT molecular complexity index is 682. The predicted octanol–water partition coefficient (Wildman–Crippen LogP) is 0.341. The van der Waals surface area contributed by atoms with Gasteiger partial charge in [-0.3, -0.25) is 14.6 Å². The van der Waals surface area contributed by atoms with Gasteiger partial charge in [0.25, 0.3) is 0 Å². The van der Waals surface area contributed by atoms with Gasteiger partial charge in [0.1, 0.15) is 18.5 Å². The molecule has 0 aromatic carbocycles. The highest BCUT2D eigenvalue weighted by molar-refractivity contribution is 5.75. The first kappa shape index (κ1) is 15.6. The third kappa shape index (κ3) is 3.55. The summed E-state index contributed by atoms with van der Waals surface area (Å²) in [6.07, 6.45) is 1.19. The molecule has 2 aromatic rings. The zero-order chi connectivity index (χ0) is 16.4. The van der Waals surface area contributed by atoms with E-state index < -0.39 is 6.17 Å². The zero-order valence-corrected chi connectivity index (χ0v) is 13.2. The number of aromatic nitrogens is 5. The molecule has 0 aliphatic carbocycles. The average Bonchev–Trinajstić information content (AvgIpc) is 3.22. The second-order valence-electron chi connectivity index (χ2n) is 5.81. The van der Waals surface area contributed by atoms with E-state index >= 15 is 0 Å². The first-order valence-electron chi connectivity index (χ1n) is 7.54. The van der Waals surface area contributed by atoms with Gasteiger partial charge in [-0.2, -0.15) is 10.2 Å². The molecule has 3 rings (SSSR count). The van der Waals surface area contributed by atoms with Crippen molar-refractivity contribution in [2.45, 2.75) is 38.6 Å². The summed E-state index contributed by atoms with van der Waals surface area (Å²) in [5, 5.41) is 14.1. The summed E-state index contributed by atoms with van der Waals surface area (Å²) >= 11 is 0. The lowest BCUT2D eigenvalue weighted by atomic mass is 10.2. The second kappa shape index (κ2) is 6.45. The van der Waals surface area contributed by atoms with Crippen molar-refractivity contribution in [1.82, 2.24) is 35.2 Å². The molecule has 0 bridgehead atoms. The molecule has 0 saturated carbocycles. The Balaban J connectivity index is 1.57. The van der Waals surface area contributed by atoms with E-state index in [1.54, 1.807) is 22.8 Å². The first-order valence-corrected chi connectivity index (χ1v) is 7.54. The standard InChI is InChI=1S/C14H20FN7O/c1-9-3-4-17-22(9)8-13(23)21(2)7-12-18-14(20-19-12)11-5-10(15)6-16-11/h3-4,10-11,16H,5-8H2,1-2H3,(H,18,19,20)/t10-,11+/m0/s1. The Kier molecular flexibility index (Phi) is 4.37. The number of alkyl halides is 1. The van der Waals surface area contributed by atoms with Gasteiger partial charge in [0.05, 0.1) is 12.6 Å². The van der Waals surface area contributed by atoms with Gasteiger partial charge >= 0.3 is 0 Å². The molecule has 9 heteroatoms. The van der Waals surface area contributed by atoms with Crippen molar-refractivity contribution in [3.05, 3.63) is 29.6 Å². The molecule has 0 unspecified atom stereocenters. The molecule has 2 atom stereocenters. The number of aromatic amines is 1. The topological polar surface area (TPSA) is 91.7 Å². The third-order valence-corrected chi connectivity index (χ3v) is 3.96. The molecule has 3 heterocycles. The smallest absolute Gasteiger partial charge is 0.244 e. The molecule has 1 aliphatic rings. The van der Waals surface area contributed by atoms with Crippen molar-refractivity contribution >= 4 is 5.91 Å². The first-order chi connectivity index (χ1) is 11.0. The van der Waals surface area contributed by atoms with E-state index in [4.69, 9.17) is 0 Å². The maximum atomic E-state index is 13.2. The normalized spacial score (nSPS) is 20.8. The molecule has 2 aromatic heterocycles.